The maximum atomic E-state index is 3.67. The van der Waals surface area contributed by atoms with Crippen LogP contribution in [0.3, 0.4) is 0 Å². The van der Waals surface area contributed by atoms with Crippen LogP contribution < -0.4 is 0 Å². The third-order valence-electron chi connectivity index (χ3n) is 4.11. The highest BCUT2D eigenvalue weighted by Crippen LogP contribution is 2.25. The largest absolute Gasteiger partial charge is 0.300 e. The van der Waals surface area contributed by atoms with Gasteiger partial charge in [-0.05, 0) is 31.2 Å². The zero-order chi connectivity index (χ0) is 12.0. The van der Waals surface area contributed by atoms with Gasteiger partial charge in [-0.25, -0.2) is 0 Å². The van der Waals surface area contributed by atoms with Crippen molar-refractivity contribution >= 4 is 15.9 Å². The third kappa shape index (κ3) is 4.37. The molecule has 1 aliphatic carbocycles. The molecule has 1 aliphatic rings. The lowest BCUT2D eigenvalue weighted by molar-refractivity contribution is 0.133. The summed E-state index contributed by atoms with van der Waals surface area (Å²) in [5.41, 5.74) is 0. The summed E-state index contributed by atoms with van der Waals surface area (Å²) in [6.45, 7) is 9.52. The van der Waals surface area contributed by atoms with Crippen LogP contribution in [0.15, 0.2) is 0 Å². The van der Waals surface area contributed by atoms with Crippen molar-refractivity contribution in [3.05, 3.63) is 0 Å². The molecule has 1 fully saturated rings. The highest BCUT2D eigenvalue weighted by molar-refractivity contribution is 9.09. The van der Waals surface area contributed by atoms with Crippen molar-refractivity contribution in [1.29, 1.82) is 0 Å². The fourth-order valence-electron chi connectivity index (χ4n) is 2.72. The molecule has 0 spiro atoms. The highest BCUT2D eigenvalue weighted by Gasteiger charge is 2.23. The van der Waals surface area contributed by atoms with Crippen LogP contribution in [0.4, 0.5) is 0 Å². The first-order valence-corrected chi connectivity index (χ1v) is 8.11. The van der Waals surface area contributed by atoms with Gasteiger partial charge in [0.25, 0.3) is 0 Å². The normalized spacial score (nSPS) is 20.6. The van der Waals surface area contributed by atoms with E-state index in [-0.39, 0.29) is 0 Å². The Hall–Kier alpha value is 0.440. The van der Waals surface area contributed by atoms with E-state index in [2.05, 4.69) is 41.6 Å². The van der Waals surface area contributed by atoms with Crippen LogP contribution in [0.25, 0.3) is 0 Å². The third-order valence-corrected chi connectivity index (χ3v) is 4.94. The smallest absolute Gasteiger partial charge is 0.00952 e. The standard InChI is InChI=1S/C14H28BrN/c1-4-16(11-13(10-15)12(2)3)14-8-6-5-7-9-14/h12-14H,4-11H2,1-3H3. The van der Waals surface area contributed by atoms with E-state index in [0.717, 1.165) is 23.2 Å². The van der Waals surface area contributed by atoms with Crippen molar-refractivity contribution in [1.82, 2.24) is 4.90 Å². The highest BCUT2D eigenvalue weighted by atomic mass is 79.9. The summed E-state index contributed by atoms with van der Waals surface area (Å²) in [7, 11) is 0. The summed E-state index contributed by atoms with van der Waals surface area (Å²) in [4.78, 5) is 2.73. The van der Waals surface area contributed by atoms with Gasteiger partial charge in [0, 0.05) is 17.9 Å². The van der Waals surface area contributed by atoms with Crippen LogP contribution in [0.1, 0.15) is 52.9 Å². The predicted molar refractivity (Wildman–Crippen MR) is 76.2 cm³/mol. The van der Waals surface area contributed by atoms with Crippen LogP contribution in [-0.4, -0.2) is 29.4 Å². The quantitative estimate of drug-likeness (QED) is 0.659. The Bertz CT molecular complexity index is 176. The summed E-state index contributed by atoms with van der Waals surface area (Å²) < 4.78 is 0. The molecule has 0 saturated heterocycles. The molecule has 0 aliphatic heterocycles. The second-order valence-corrected chi connectivity index (χ2v) is 6.19. The Labute approximate surface area is 110 Å². The summed E-state index contributed by atoms with van der Waals surface area (Å²) in [6.07, 6.45) is 7.21. The molecule has 96 valence electrons. The molecular weight excluding hydrogens is 262 g/mol. The molecule has 0 aromatic carbocycles. The number of alkyl halides is 1. The fraction of sp³-hybridized carbons (Fsp3) is 1.00. The molecule has 1 unspecified atom stereocenters. The summed E-state index contributed by atoms with van der Waals surface area (Å²) in [5.74, 6) is 1.60. The van der Waals surface area contributed by atoms with E-state index in [1.807, 2.05) is 0 Å². The van der Waals surface area contributed by atoms with Gasteiger partial charge in [-0.15, -0.1) is 0 Å². The Balaban J connectivity index is 2.45. The molecule has 0 amide bonds. The minimum Gasteiger partial charge on any atom is -0.300 e. The van der Waals surface area contributed by atoms with Crippen LogP contribution >= 0.6 is 15.9 Å². The molecule has 0 radical (unpaired) electrons. The molecule has 0 aromatic rings. The lowest BCUT2D eigenvalue weighted by Crippen LogP contribution is -2.41. The summed E-state index contributed by atoms with van der Waals surface area (Å²) >= 11 is 3.67. The van der Waals surface area contributed by atoms with Crippen molar-refractivity contribution < 1.29 is 0 Å². The number of hydrogen-bond acceptors (Lipinski definition) is 1. The number of rotatable bonds is 6. The molecule has 1 saturated carbocycles. The van der Waals surface area contributed by atoms with Gasteiger partial charge < -0.3 is 4.90 Å². The maximum Gasteiger partial charge on any atom is 0.00952 e. The maximum absolute atomic E-state index is 3.67. The first-order chi connectivity index (χ1) is 7.69. The van der Waals surface area contributed by atoms with Gasteiger partial charge >= 0.3 is 0 Å². The van der Waals surface area contributed by atoms with Crippen LogP contribution in [0.5, 0.6) is 0 Å². The molecular formula is C14H28BrN. The summed E-state index contributed by atoms with van der Waals surface area (Å²) in [6, 6.07) is 0.874. The van der Waals surface area contributed by atoms with Crippen molar-refractivity contribution in [2.24, 2.45) is 11.8 Å². The second kappa shape index (κ2) is 7.71. The van der Waals surface area contributed by atoms with Gasteiger partial charge in [0.2, 0.25) is 0 Å². The molecule has 1 nitrogen and oxygen atoms in total. The van der Waals surface area contributed by atoms with Gasteiger partial charge in [-0.1, -0.05) is 56.0 Å². The van der Waals surface area contributed by atoms with Crippen molar-refractivity contribution in [2.45, 2.75) is 58.9 Å². The average molecular weight is 290 g/mol. The molecule has 1 rings (SSSR count). The predicted octanol–water partition coefficient (Wildman–Crippen LogP) is 4.31. The minimum atomic E-state index is 0.789. The van der Waals surface area contributed by atoms with E-state index in [1.165, 1.54) is 45.2 Å². The zero-order valence-corrected chi connectivity index (χ0v) is 12.8. The van der Waals surface area contributed by atoms with Gasteiger partial charge in [0.15, 0.2) is 0 Å². The van der Waals surface area contributed by atoms with E-state index in [1.54, 1.807) is 0 Å². The van der Waals surface area contributed by atoms with E-state index >= 15 is 0 Å². The SMILES string of the molecule is CCN(CC(CBr)C(C)C)C1CCCCC1. The fourth-order valence-corrected chi connectivity index (χ4v) is 3.67. The van der Waals surface area contributed by atoms with Crippen LogP contribution in [-0.2, 0) is 0 Å². The van der Waals surface area contributed by atoms with Gasteiger partial charge in [0.1, 0.15) is 0 Å². The monoisotopic (exact) mass is 289 g/mol. The zero-order valence-electron chi connectivity index (χ0n) is 11.2. The van der Waals surface area contributed by atoms with Crippen LogP contribution in [0.2, 0.25) is 0 Å². The molecule has 1 atom stereocenters. The Morgan fingerprint density at radius 3 is 2.25 bits per heavy atom. The lowest BCUT2D eigenvalue weighted by atomic mass is 9.91. The number of nitrogens with zero attached hydrogens (tertiary/aromatic N) is 1. The van der Waals surface area contributed by atoms with Crippen molar-refractivity contribution in [3.8, 4) is 0 Å². The molecule has 0 N–H and O–H groups in total. The number of halogens is 1. The van der Waals surface area contributed by atoms with Crippen LogP contribution in [0, 0.1) is 11.8 Å². The first kappa shape index (κ1) is 14.5. The molecule has 16 heavy (non-hydrogen) atoms. The topological polar surface area (TPSA) is 3.24 Å². The average Bonchev–Trinajstić information content (AvgIpc) is 2.31. The molecule has 0 heterocycles. The van der Waals surface area contributed by atoms with Gasteiger partial charge in [-0.2, -0.15) is 0 Å². The van der Waals surface area contributed by atoms with Gasteiger partial charge in [0.05, 0.1) is 0 Å². The second-order valence-electron chi connectivity index (χ2n) is 5.54. The molecule has 0 bridgehead atoms. The number of hydrogen-bond donors (Lipinski definition) is 0. The Kier molecular flexibility index (Phi) is 6.98. The van der Waals surface area contributed by atoms with Crippen molar-refractivity contribution in [3.63, 3.8) is 0 Å². The van der Waals surface area contributed by atoms with E-state index in [0.29, 0.717) is 0 Å². The van der Waals surface area contributed by atoms with E-state index in [4.69, 9.17) is 0 Å². The van der Waals surface area contributed by atoms with E-state index < -0.39 is 0 Å². The van der Waals surface area contributed by atoms with Gasteiger partial charge in [-0.3, -0.25) is 0 Å². The van der Waals surface area contributed by atoms with Crippen molar-refractivity contribution in [2.75, 3.05) is 18.4 Å². The Morgan fingerprint density at radius 2 is 1.81 bits per heavy atom. The summed E-state index contributed by atoms with van der Waals surface area (Å²) in [5, 5.41) is 1.15. The first-order valence-electron chi connectivity index (χ1n) is 6.99. The minimum absolute atomic E-state index is 0.789. The Morgan fingerprint density at radius 1 is 1.19 bits per heavy atom. The van der Waals surface area contributed by atoms with E-state index in [9.17, 15) is 0 Å². The molecule has 2 heteroatoms. The molecule has 0 aromatic heterocycles. The lowest BCUT2D eigenvalue weighted by Gasteiger charge is -2.36.